The summed E-state index contributed by atoms with van der Waals surface area (Å²) in [4.78, 5) is 41.9. The fourth-order valence-electron chi connectivity index (χ4n) is 16.3. The molecule has 1 aliphatic carbocycles. The summed E-state index contributed by atoms with van der Waals surface area (Å²) in [5.74, 6) is -3.64. The molecule has 0 saturated carbocycles. The van der Waals surface area contributed by atoms with Gasteiger partial charge in [-0.1, -0.05) is 280 Å². The van der Waals surface area contributed by atoms with Crippen molar-refractivity contribution in [1.82, 2.24) is 5.32 Å². The summed E-state index contributed by atoms with van der Waals surface area (Å²) in [6.45, 7) is 20.9. The predicted molar refractivity (Wildman–Crippen MR) is 428 cm³/mol. The highest BCUT2D eigenvalue weighted by Crippen LogP contribution is 2.47. The first kappa shape index (κ1) is 87.5. The summed E-state index contributed by atoms with van der Waals surface area (Å²) in [6, 6.07) is 54.1. The molecular weight excluding hydrogens is 1540 g/mol. The maximum atomic E-state index is 14.6. The van der Waals surface area contributed by atoms with Gasteiger partial charge in [0.25, 0.3) is 0 Å². The van der Waals surface area contributed by atoms with E-state index >= 15 is 0 Å². The van der Waals surface area contributed by atoms with Gasteiger partial charge < -0.3 is 95.7 Å². The number of amides is 1. The summed E-state index contributed by atoms with van der Waals surface area (Å²) >= 11 is 18.3. The Hall–Kier alpha value is -6.82. The van der Waals surface area contributed by atoms with Gasteiger partial charge in [0, 0.05) is 35.5 Å². The van der Waals surface area contributed by atoms with Crippen LogP contribution in [0.2, 0.25) is 0 Å². The number of hydrogen-bond acceptors (Lipinski definition) is 22. The third kappa shape index (κ3) is 22.6. The Morgan fingerprint density at radius 3 is 1.42 bits per heavy atom. The van der Waals surface area contributed by atoms with Crippen molar-refractivity contribution in [3.8, 4) is 11.1 Å². The molecule has 5 fully saturated rings. The zero-order valence-electron chi connectivity index (χ0n) is 66.6. The van der Waals surface area contributed by atoms with Gasteiger partial charge in [-0.05, 0) is 68.7 Å². The molecule has 115 heavy (non-hydrogen) atoms. The number of aliphatic hydroxyl groups excluding tert-OH is 1. The third-order valence-electron chi connectivity index (χ3n) is 23.5. The van der Waals surface area contributed by atoms with Crippen molar-refractivity contribution in [3.05, 3.63) is 216 Å². The number of halogens is 3. The minimum absolute atomic E-state index is 0.0129. The first-order valence-corrected chi connectivity index (χ1v) is 41.2. The van der Waals surface area contributed by atoms with Crippen molar-refractivity contribution in [3.63, 3.8) is 0 Å². The van der Waals surface area contributed by atoms with Gasteiger partial charge in [-0.3, -0.25) is 0 Å². The van der Waals surface area contributed by atoms with Crippen LogP contribution in [-0.4, -0.2) is 178 Å². The number of benzene rings is 6. The minimum Gasteiger partial charge on any atom is -0.445 e. The molecule has 2 N–H and O–H groups in total. The van der Waals surface area contributed by atoms with E-state index in [0.29, 0.717) is 6.42 Å². The highest BCUT2D eigenvalue weighted by Gasteiger charge is 2.56. The number of nitrogens with one attached hydrogen (secondary N) is 1. The lowest BCUT2D eigenvalue weighted by Gasteiger charge is -2.52. The number of carbonyl (C=O) groups excluding carboxylic acids is 3. The number of fused-ring (bicyclic) bond motifs is 3. The number of rotatable bonds is 33. The normalized spacial score (nSPS) is 32.1. The predicted octanol–water partition coefficient (Wildman–Crippen LogP) is 16.0. The maximum Gasteiger partial charge on any atom is 0.509 e. The number of aliphatic hydroxyl groups is 1. The molecule has 5 saturated heterocycles. The van der Waals surface area contributed by atoms with Gasteiger partial charge in [0.05, 0.1) is 95.5 Å². The van der Waals surface area contributed by atoms with Crippen molar-refractivity contribution in [2.24, 2.45) is 47.3 Å². The molecule has 6 aromatic carbocycles. The highest BCUT2D eigenvalue weighted by molar-refractivity contribution is 6.67. The summed E-state index contributed by atoms with van der Waals surface area (Å²) in [7, 11) is 0. The second kappa shape index (κ2) is 41.7. The first-order valence-electron chi connectivity index (χ1n) is 40.0. The summed E-state index contributed by atoms with van der Waals surface area (Å²) in [6.07, 6.45) is -16.3. The Balaban J connectivity index is 0.890. The molecule has 6 aliphatic rings. The number of ether oxygens (including phenoxy) is 18. The Bertz CT molecular complexity index is 3960. The molecule has 0 radical (unpaired) electrons. The Kier molecular flexibility index (Phi) is 31.7. The monoisotopic (exact) mass is 1650 g/mol. The fraction of sp³-hybridized carbons (Fsp3) is 0.539. The molecule has 624 valence electrons. The van der Waals surface area contributed by atoms with Crippen molar-refractivity contribution in [1.29, 1.82) is 0 Å². The second-order valence-corrected chi connectivity index (χ2v) is 33.6. The van der Waals surface area contributed by atoms with Crippen LogP contribution in [0.1, 0.15) is 108 Å². The van der Waals surface area contributed by atoms with E-state index in [1.165, 1.54) is 6.08 Å². The minimum atomic E-state index is -1.91. The molecule has 23 nitrogen and oxygen atoms in total. The van der Waals surface area contributed by atoms with Crippen LogP contribution < -0.4 is 5.32 Å². The molecule has 1 amide bonds. The van der Waals surface area contributed by atoms with Crippen LogP contribution in [-0.2, 0) is 112 Å². The lowest BCUT2D eigenvalue weighted by atomic mass is 9.82. The van der Waals surface area contributed by atoms with E-state index in [2.05, 4.69) is 43.1 Å². The van der Waals surface area contributed by atoms with Gasteiger partial charge >= 0.3 is 18.4 Å². The van der Waals surface area contributed by atoms with Crippen molar-refractivity contribution < 1.29 is 105 Å². The van der Waals surface area contributed by atoms with E-state index in [-0.39, 0.29) is 95.8 Å². The highest BCUT2D eigenvalue weighted by atomic mass is 35.6. The molecule has 5 heterocycles. The smallest absolute Gasteiger partial charge is 0.445 e. The van der Waals surface area contributed by atoms with Crippen LogP contribution in [0.3, 0.4) is 0 Å². The molecule has 10 unspecified atom stereocenters. The van der Waals surface area contributed by atoms with Crippen LogP contribution in [0.15, 0.2) is 183 Å². The Morgan fingerprint density at radius 1 is 0.426 bits per heavy atom. The van der Waals surface area contributed by atoms with Crippen LogP contribution >= 0.6 is 34.8 Å². The van der Waals surface area contributed by atoms with Gasteiger partial charge in [-0.25, -0.2) is 14.4 Å². The number of alkyl carbamates (subject to hydrolysis) is 1. The lowest BCUT2D eigenvalue weighted by Crippen LogP contribution is -2.64. The molecule has 5 aliphatic heterocycles. The van der Waals surface area contributed by atoms with Crippen LogP contribution in [0, 0.1) is 47.3 Å². The van der Waals surface area contributed by atoms with Gasteiger partial charge in [0.15, 0.2) is 43.7 Å². The largest absolute Gasteiger partial charge is 0.509 e. The average Bonchev–Trinajstić information content (AvgIpc) is 1.67. The van der Waals surface area contributed by atoms with E-state index in [1.54, 1.807) is 0 Å². The fourth-order valence-corrected chi connectivity index (χ4v) is 16.5. The van der Waals surface area contributed by atoms with Gasteiger partial charge in [0.2, 0.25) is 3.79 Å². The van der Waals surface area contributed by atoms with Gasteiger partial charge in [-0.2, -0.15) is 0 Å². The molecule has 0 aromatic heterocycles. The lowest BCUT2D eigenvalue weighted by molar-refractivity contribution is -0.379. The van der Waals surface area contributed by atoms with E-state index in [4.69, 9.17) is 120 Å². The van der Waals surface area contributed by atoms with Crippen LogP contribution in [0.4, 0.5) is 14.4 Å². The molecule has 0 spiro atoms. The summed E-state index contributed by atoms with van der Waals surface area (Å²) < 4.78 is 119. The second-order valence-electron chi connectivity index (χ2n) is 31.0. The van der Waals surface area contributed by atoms with Crippen molar-refractivity contribution >= 4 is 53.2 Å². The molecule has 0 bridgehead atoms. The van der Waals surface area contributed by atoms with Crippen molar-refractivity contribution in [2.45, 2.75) is 210 Å². The number of hydrogen-bond donors (Lipinski definition) is 2. The quantitative estimate of drug-likeness (QED) is 0.0168. The molecule has 26 heteroatoms. The molecule has 6 aromatic rings. The topological polar surface area (TPSA) is 250 Å². The Labute approximate surface area is 689 Å². The van der Waals surface area contributed by atoms with E-state index in [0.717, 1.165) is 44.5 Å². The maximum absolute atomic E-state index is 14.6. The molecule has 25 atom stereocenters. The first-order chi connectivity index (χ1) is 55.6. The van der Waals surface area contributed by atoms with Gasteiger partial charge in [0.1, 0.15) is 38.1 Å². The van der Waals surface area contributed by atoms with E-state index < -0.39 is 157 Å². The zero-order chi connectivity index (χ0) is 81.3. The summed E-state index contributed by atoms with van der Waals surface area (Å²) in [5.41, 5.74) is 7.78. The number of carbonyl (C=O) groups is 3. The molecular formula is C89H110Cl3NO22. The van der Waals surface area contributed by atoms with Crippen molar-refractivity contribution in [2.75, 3.05) is 46.2 Å². The average molecular weight is 1650 g/mol. The number of alkyl halides is 3. The third-order valence-corrected chi connectivity index (χ3v) is 23.8. The van der Waals surface area contributed by atoms with Gasteiger partial charge in [-0.15, -0.1) is 0 Å². The zero-order valence-corrected chi connectivity index (χ0v) is 68.9. The molecule has 12 rings (SSSR count). The van der Waals surface area contributed by atoms with Crippen LogP contribution in [0.5, 0.6) is 0 Å². The SMILES string of the molecule is C=CCOC(=O)OC1[C@@H](OCC2O[C@@H](O[C@@H]3C(COCc4ccccc4)O[C@@H](O[C@@H]4C(COCc5ccccc5)O[C@@H](OCc5ccccc5)C(NC(=O)OCC(Cl)(Cl)Cl)[C@H]4C)C(C)[C@H]3C)C(OCc3ccccc3)[C@@H](O[C@H]3OC(CC)[C@@H](C)[C@H](C)C3OC(=O)OCC3c4ccccc4-c4ccccc43)[C@@H]2C)OC(CO)[C@@H](C)[C@@H]1C. The summed E-state index contributed by atoms with van der Waals surface area (Å²) in [5, 5.41) is 13.7. The van der Waals surface area contributed by atoms with E-state index in [9.17, 15) is 19.5 Å². The Morgan fingerprint density at radius 2 is 0.870 bits per heavy atom. The van der Waals surface area contributed by atoms with Crippen LogP contribution in [0.25, 0.3) is 11.1 Å². The standard InChI is InChI=1S/C89H110Cl3NO22/c1-11-41-100-87(96)114-78-55(6)53(4)70(42-94)107-83(78)103-50-71-58(9)77(113-84-79(54(5)52(3)69(12-2)106-84)115-88(97)104-47-68-66-39-27-25-37-64(66)65-38-26-28-40-67(65)68)80(101-45-62-33-21-15-22-34-62)85(108-71)112-75-56(7)57(8)81(109-72(75)48-98-43-60-29-17-13-18-30-60)111-76-59(10)74(93-86(95)105-51-89(90,91)92)82(102-46-63-35-23-16-24-36-63)110-73(76)49-99-44-61-31-19-14-20-32-61/h11,13-40,52-59,68-85,94H,1,12,41-51H2,2-10H3,(H,93,95)/t52-,53-,54-,55-,56+,57?,58+,59+,69?,70?,71?,72?,73?,74?,75-,76-,77-,78?,79?,80?,81-,82+,83-,84+,85-/m0/s1. The van der Waals surface area contributed by atoms with E-state index in [1.807, 2.05) is 201 Å².